The number of aryl methyl sites for hydroxylation is 2. The Morgan fingerprint density at radius 3 is 1.06 bits per heavy atom. The van der Waals surface area contributed by atoms with Crippen LogP contribution in [0, 0.1) is 25.7 Å². The highest BCUT2D eigenvalue weighted by molar-refractivity contribution is 7.00. The Morgan fingerprint density at radius 2 is 0.794 bits per heavy atom. The Morgan fingerprint density at radius 1 is 0.515 bits per heavy atom. The fraction of sp³-hybridized carbons (Fsp3) is 0.407. The molecule has 2 N–H and O–H groups in total. The van der Waals surface area contributed by atoms with E-state index < -0.39 is 40.5 Å². The summed E-state index contributed by atoms with van der Waals surface area (Å²) in [6, 6.07) is 42.1. The molecule has 2 aliphatic heterocycles. The maximum absolute atomic E-state index is 12.4. The fourth-order valence-electron chi connectivity index (χ4n) is 10.0. The zero-order valence-electron chi connectivity index (χ0n) is 41.2. The zero-order chi connectivity index (χ0) is 49.0. The van der Waals surface area contributed by atoms with Gasteiger partial charge in [0.2, 0.25) is 0 Å². The molecule has 4 heterocycles. The van der Waals surface area contributed by atoms with E-state index in [1.807, 2.05) is 24.3 Å². The summed E-state index contributed by atoms with van der Waals surface area (Å²) in [7, 11) is -5.34. The highest BCUT2D eigenvalue weighted by Crippen LogP contribution is 2.41. The summed E-state index contributed by atoms with van der Waals surface area (Å²) < 4.78 is 29.8. The first kappa shape index (κ1) is 50.4. The number of aromatic nitrogens is 4. The quantitative estimate of drug-likeness (QED) is 0.129. The molecular formula is C54H68N4O8Si2. The lowest BCUT2D eigenvalue weighted by molar-refractivity contribution is -0.0282. The molecule has 0 bridgehead atoms. The highest BCUT2D eigenvalue weighted by atomic mass is 28.4. The number of hydrogen-bond donors (Lipinski definition) is 2. The third-order valence-corrected chi connectivity index (χ3v) is 23.8. The second kappa shape index (κ2) is 20.6. The Labute approximate surface area is 401 Å². The van der Waals surface area contributed by atoms with Crippen molar-refractivity contribution in [3.05, 3.63) is 187 Å². The molecule has 14 heteroatoms. The fourth-order valence-corrected chi connectivity index (χ4v) is 19.2. The number of aromatic amines is 2. The average Bonchev–Trinajstić information content (AvgIpc) is 3.87. The third kappa shape index (κ3) is 10.3. The van der Waals surface area contributed by atoms with Gasteiger partial charge in [-0.05, 0) is 69.3 Å². The van der Waals surface area contributed by atoms with Gasteiger partial charge in [-0.25, -0.2) is 9.59 Å². The van der Waals surface area contributed by atoms with Crippen LogP contribution in [0.3, 0.4) is 0 Å². The van der Waals surface area contributed by atoms with Gasteiger partial charge in [0.25, 0.3) is 27.8 Å². The summed E-state index contributed by atoms with van der Waals surface area (Å²) in [4.78, 5) is 53.2. The number of nitrogens with zero attached hydrogens (tertiary/aromatic N) is 2. The van der Waals surface area contributed by atoms with Gasteiger partial charge in [0, 0.05) is 23.5 Å². The molecule has 0 saturated carbocycles. The molecule has 2 aromatic heterocycles. The first-order valence-corrected chi connectivity index (χ1v) is 27.5. The van der Waals surface area contributed by atoms with Crippen LogP contribution in [0.5, 0.6) is 0 Å². The van der Waals surface area contributed by atoms with Crippen molar-refractivity contribution in [1.82, 2.24) is 19.1 Å². The van der Waals surface area contributed by atoms with Gasteiger partial charge >= 0.3 is 11.4 Å². The molecule has 0 unspecified atom stereocenters. The van der Waals surface area contributed by atoms with Gasteiger partial charge in [-0.3, -0.25) is 28.7 Å². The summed E-state index contributed by atoms with van der Waals surface area (Å²) in [6.45, 7) is 22.0. The molecule has 6 atom stereocenters. The van der Waals surface area contributed by atoms with Gasteiger partial charge in [-0.1, -0.05) is 177 Å². The van der Waals surface area contributed by atoms with Crippen LogP contribution in [0.15, 0.2) is 153 Å². The molecule has 6 aromatic rings. The smallest absolute Gasteiger partial charge is 0.330 e. The van der Waals surface area contributed by atoms with E-state index in [9.17, 15) is 19.2 Å². The Bertz CT molecular complexity index is 2580. The molecule has 360 valence electrons. The Balaban J connectivity index is 0.000000201. The van der Waals surface area contributed by atoms with Crippen LogP contribution in [0.4, 0.5) is 0 Å². The summed E-state index contributed by atoms with van der Waals surface area (Å²) in [5.74, 6) is 0.393. The van der Waals surface area contributed by atoms with E-state index in [2.05, 4.69) is 162 Å². The van der Waals surface area contributed by atoms with E-state index in [1.54, 1.807) is 26.2 Å². The van der Waals surface area contributed by atoms with Crippen LogP contribution in [-0.2, 0) is 18.3 Å². The maximum Gasteiger partial charge on any atom is 0.330 e. The average molecular weight is 957 g/mol. The summed E-state index contributed by atoms with van der Waals surface area (Å²) in [5.41, 5.74) is -0.633. The van der Waals surface area contributed by atoms with Crippen molar-refractivity contribution >= 4 is 37.4 Å². The number of benzene rings is 4. The predicted octanol–water partition coefficient (Wildman–Crippen LogP) is 6.69. The zero-order valence-corrected chi connectivity index (χ0v) is 43.2. The molecular weight excluding hydrogens is 889 g/mol. The predicted molar refractivity (Wildman–Crippen MR) is 275 cm³/mol. The molecule has 12 nitrogen and oxygen atoms in total. The largest absolute Gasteiger partial charge is 0.405 e. The molecule has 0 radical (unpaired) electrons. The Hall–Kier alpha value is -5.49. The molecule has 8 rings (SSSR count). The van der Waals surface area contributed by atoms with Crippen LogP contribution < -0.4 is 43.2 Å². The van der Waals surface area contributed by atoms with Crippen LogP contribution in [-0.4, -0.2) is 61.2 Å². The molecule has 2 fully saturated rings. The lowest BCUT2D eigenvalue weighted by Gasteiger charge is -2.43. The van der Waals surface area contributed by atoms with E-state index in [1.165, 1.54) is 29.9 Å². The number of hydrogen-bond acceptors (Lipinski definition) is 8. The van der Waals surface area contributed by atoms with Crippen LogP contribution in [0.25, 0.3) is 0 Å². The van der Waals surface area contributed by atoms with Gasteiger partial charge in [-0.2, -0.15) is 0 Å². The molecule has 4 aromatic carbocycles. The minimum absolute atomic E-state index is 0.121. The molecule has 2 saturated heterocycles. The molecule has 2 aliphatic rings. The van der Waals surface area contributed by atoms with Crippen molar-refractivity contribution in [2.75, 3.05) is 13.2 Å². The highest BCUT2D eigenvalue weighted by Gasteiger charge is 2.52. The van der Waals surface area contributed by atoms with Crippen molar-refractivity contribution in [2.24, 2.45) is 11.8 Å². The molecule has 68 heavy (non-hydrogen) atoms. The van der Waals surface area contributed by atoms with Crippen molar-refractivity contribution < 1.29 is 18.3 Å². The number of rotatable bonds is 12. The van der Waals surface area contributed by atoms with Gasteiger partial charge in [0.1, 0.15) is 12.5 Å². The van der Waals surface area contributed by atoms with Crippen molar-refractivity contribution in [2.45, 2.75) is 117 Å². The van der Waals surface area contributed by atoms with Gasteiger partial charge in [0.05, 0.1) is 25.4 Å². The van der Waals surface area contributed by atoms with Crippen LogP contribution in [0.1, 0.15) is 91.8 Å². The number of H-pyrrole nitrogens is 2. The lowest BCUT2D eigenvalue weighted by atomic mass is 10.0. The Kier molecular flexibility index (Phi) is 15.3. The molecule has 0 aliphatic carbocycles. The van der Waals surface area contributed by atoms with Gasteiger partial charge in [-0.15, -0.1) is 0 Å². The maximum atomic E-state index is 12.4. The first-order valence-electron chi connectivity index (χ1n) is 23.7. The van der Waals surface area contributed by atoms with E-state index in [0.29, 0.717) is 37.2 Å². The van der Waals surface area contributed by atoms with Crippen molar-refractivity contribution in [3.63, 3.8) is 0 Å². The minimum Gasteiger partial charge on any atom is -0.405 e. The number of ether oxygens (including phenoxy) is 2. The van der Waals surface area contributed by atoms with E-state index in [0.717, 1.165) is 0 Å². The summed E-state index contributed by atoms with van der Waals surface area (Å²) in [5, 5.41) is 4.66. The second-order valence-corrected chi connectivity index (χ2v) is 29.2. The standard InChI is InChI=1S/2C27H34N2O4Si/c2*1-19-16-24(29-17-20(2)25(30)28-26(29)31)33-23(19)18-32-34(27(3,4)5,21-12-8-6-9-13-21)22-14-10-7-11-15-22/h2*6-15,17,19,23-24H,16,18H2,1-5H3,(H,28,30,31)/t19-,23+,24+;19-,23+,24-/m00/s1. The normalized spacial score (nSPS) is 21.0. The van der Waals surface area contributed by atoms with Crippen molar-refractivity contribution in [1.29, 1.82) is 0 Å². The van der Waals surface area contributed by atoms with E-state index in [-0.39, 0.29) is 45.2 Å². The second-order valence-electron chi connectivity index (χ2n) is 20.6. The SMILES string of the molecule is Cc1cn([C@@H]2C[C@H](C)[C@@H](CO[Si](c3ccccc3)(c3ccccc3)C(C)(C)C)O2)c(=O)[nH]c1=O.Cc1cn([C@H]2C[C@H](C)[C@@H](CO[Si](c3ccccc3)(c3ccccc3)C(C)(C)C)O2)c(=O)[nH]c1=O. The summed E-state index contributed by atoms with van der Waals surface area (Å²) >= 11 is 0. The number of nitrogens with one attached hydrogen (secondary N) is 2. The summed E-state index contributed by atoms with van der Waals surface area (Å²) in [6.07, 6.45) is 3.36. The third-order valence-electron chi connectivity index (χ3n) is 13.8. The van der Waals surface area contributed by atoms with Crippen LogP contribution in [0.2, 0.25) is 10.1 Å². The van der Waals surface area contributed by atoms with Crippen LogP contribution >= 0.6 is 0 Å². The van der Waals surface area contributed by atoms with E-state index in [4.69, 9.17) is 18.3 Å². The van der Waals surface area contributed by atoms with Gasteiger partial charge in [0.15, 0.2) is 0 Å². The minimum atomic E-state index is -2.67. The van der Waals surface area contributed by atoms with Crippen molar-refractivity contribution in [3.8, 4) is 0 Å². The molecule has 0 amide bonds. The van der Waals surface area contributed by atoms with E-state index >= 15 is 0 Å². The van der Waals surface area contributed by atoms with Gasteiger partial charge < -0.3 is 18.3 Å². The molecule has 0 spiro atoms. The monoisotopic (exact) mass is 956 g/mol. The topological polar surface area (TPSA) is 147 Å². The first-order chi connectivity index (χ1) is 32.3. The lowest BCUT2D eigenvalue weighted by Crippen LogP contribution is -2.67.